The van der Waals surface area contributed by atoms with Crippen LogP contribution in [0.5, 0.6) is 0 Å². The van der Waals surface area contributed by atoms with E-state index >= 15 is 0 Å². The summed E-state index contributed by atoms with van der Waals surface area (Å²) >= 11 is 0. The largest absolute Gasteiger partial charge is 0.477 e. The summed E-state index contributed by atoms with van der Waals surface area (Å²) in [4.78, 5) is 11.6. The van der Waals surface area contributed by atoms with E-state index in [0.717, 1.165) is 38.7 Å². The average molecular weight is 302 g/mol. The molecule has 3 aromatic rings. The number of nitriles is 1. The van der Waals surface area contributed by atoms with E-state index in [1.54, 1.807) is 12.1 Å². The summed E-state index contributed by atoms with van der Waals surface area (Å²) in [6.45, 7) is 4.59. The number of aryl methyl sites for hydroxylation is 2. The van der Waals surface area contributed by atoms with Crippen LogP contribution in [0, 0.1) is 25.2 Å². The molecule has 1 aromatic heterocycles. The van der Waals surface area contributed by atoms with Crippen LogP contribution in [0.15, 0.2) is 30.3 Å². The molecule has 0 aliphatic carbocycles. The molecule has 0 bridgehead atoms. The maximum Gasteiger partial charge on any atom is 0.352 e. The summed E-state index contributed by atoms with van der Waals surface area (Å²) < 4.78 is 1.82. The number of carboxylic acids is 1. The van der Waals surface area contributed by atoms with Gasteiger partial charge >= 0.3 is 5.97 Å². The molecule has 0 radical (unpaired) electrons. The fraction of sp³-hybridized carbons (Fsp3) is 0.158. The van der Waals surface area contributed by atoms with E-state index < -0.39 is 5.97 Å². The number of carboxylic acid groups (broad SMARTS) is 1. The molecule has 112 valence electrons. The summed E-state index contributed by atoms with van der Waals surface area (Å²) in [6.07, 6.45) is 0. The third kappa shape index (κ3) is 1.74. The maximum atomic E-state index is 11.6. The Morgan fingerprint density at radius 2 is 2.04 bits per heavy atom. The predicted molar refractivity (Wildman–Crippen MR) is 87.6 cm³/mol. The number of hydrogen-bond acceptors (Lipinski definition) is 2. The minimum Gasteiger partial charge on any atom is -0.477 e. The van der Waals surface area contributed by atoms with E-state index in [-0.39, 0.29) is 5.69 Å². The van der Waals surface area contributed by atoms with Gasteiger partial charge in [-0.15, -0.1) is 0 Å². The first kappa shape index (κ1) is 13.6. The van der Waals surface area contributed by atoms with Gasteiger partial charge in [-0.05, 0) is 42.7 Å². The van der Waals surface area contributed by atoms with Crippen LogP contribution in [-0.4, -0.2) is 15.6 Å². The van der Waals surface area contributed by atoms with Crippen LogP contribution >= 0.6 is 0 Å². The van der Waals surface area contributed by atoms with E-state index in [2.05, 4.69) is 18.2 Å². The van der Waals surface area contributed by atoms with Crippen molar-refractivity contribution in [3.8, 4) is 17.2 Å². The van der Waals surface area contributed by atoms with Gasteiger partial charge < -0.3 is 9.67 Å². The highest BCUT2D eigenvalue weighted by atomic mass is 16.4. The zero-order valence-corrected chi connectivity index (χ0v) is 12.8. The monoisotopic (exact) mass is 302 g/mol. The third-order valence-electron chi connectivity index (χ3n) is 4.60. The molecule has 0 saturated heterocycles. The summed E-state index contributed by atoms with van der Waals surface area (Å²) in [5.41, 5.74) is 6.95. The normalized spacial score (nSPS) is 12.0. The number of hydrogen-bond donors (Lipinski definition) is 1. The molecule has 0 spiro atoms. The third-order valence-corrected chi connectivity index (χ3v) is 4.60. The lowest BCUT2D eigenvalue weighted by Gasteiger charge is -2.24. The molecule has 4 rings (SSSR count). The molecule has 0 amide bonds. The predicted octanol–water partition coefficient (Wildman–Crippen LogP) is 3.86. The second-order valence-electron chi connectivity index (χ2n) is 6.07. The number of benzene rings is 2. The first-order chi connectivity index (χ1) is 11.0. The summed E-state index contributed by atoms with van der Waals surface area (Å²) in [7, 11) is 0. The van der Waals surface area contributed by atoms with Crippen LogP contribution < -0.4 is 0 Å². The van der Waals surface area contributed by atoms with Crippen molar-refractivity contribution in [3.63, 3.8) is 0 Å². The molecular weight excluding hydrogens is 288 g/mol. The van der Waals surface area contributed by atoms with Gasteiger partial charge in [0.25, 0.3) is 0 Å². The molecule has 0 fully saturated rings. The van der Waals surface area contributed by atoms with Crippen molar-refractivity contribution >= 4 is 16.9 Å². The Hall–Kier alpha value is -3.06. The van der Waals surface area contributed by atoms with E-state index in [4.69, 9.17) is 0 Å². The van der Waals surface area contributed by atoms with Gasteiger partial charge in [-0.3, -0.25) is 0 Å². The van der Waals surface area contributed by atoms with Crippen molar-refractivity contribution in [3.05, 3.63) is 58.3 Å². The standard InChI is InChI=1S/C19H14N2O2/c1-10-5-11(2)15-9-21-16(19(22)23)7-12-3-4-13(8-20)17(18(12)21)14(15)6-10/h3-7H,9H2,1-2H3,(H,22,23). The lowest BCUT2D eigenvalue weighted by atomic mass is 9.88. The minimum atomic E-state index is -0.945. The number of aromatic nitrogens is 1. The SMILES string of the molecule is Cc1cc(C)c2c(c1)-c1c(C#N)ccc3cc(C(=O)O)n(c13)C2. The van der Waals surface area contributed by atoms with Gasteiger partial charge in [0.15, 0.2) is 0 Å². The van der Waals surface area contributed by atoms with Crippen molar-refractivity contribution < 1.29 is 9.90 Å². The topological polar surface area (TPSA) is 66.0 Å². The molecule has 4 nitrogen and oxygen atoms in total. The van der Waals surface area contributed by atoms with Crippen LogP contribution in [0.25, 0.3) is 22.0 Å². The molecule has 1 N–H and O–H groups in total. The van der Waals surface area contributed by atoms with E-state index in [1.807, 2.05) is 24.5 Å². The van der Waals surface area contributed by atoms with Crippen LogP contribution in [-0.2, 0) is 6.54 Å². The minimum absolute atomic E-state index is 0.266. The molecule has 4 heteroatoms. The Bertz CT molecular complexity index is 1050. The first-order valence-electron chi connectivity index (χ1n) is 7.41. The molecular formula is C19H14N2O2. The molecule has 2 aromatic carbocycles. The first-order valence-corrected chi connectivity index (χ1v) is 7.41. The second-order valence-corrected chi connectivity index (χ2v) is 6.07. The number of rotatable bonds is 1. The fourth-order valence-corrected chi connectivity index (χ4v) is 3.66. The van der Waals surface area contributed by atoms with Crippen molar-refractivity contribution in [2.45, 2.75) is 20.4 Å². The van der Waals surface area contributed by atoms with Gasteiger partial charge in [-0.25, -0.2) is 4.79 Å². The van der Waals surface area contributed by atoms with Crippen LogP contribution in [0.2, 0.25) is 0 Å². The highest BCUT2D eigenvalue weighted by molar-refractivity contribution is 6.04. The maximum absolute atomic E-state index is 11.6. The van der Waals surface area contributed by atoms with Gasteiger partial charge in [0, 0.05) is 17.5 Å². The summed E-state index contributed by atoms with van der Waals surface area (Å²) in [6, 6.07) is 11.7. The smallest absolute Gasteiger partial charge is 0.352 e. The van der Waals surface area contributed by atoms with Gasteiger partial charge in [0.2, 0.25) is 0 Å². The van der Waals surface area contributed by atoms with Crippen LogP contribution in [0.3, 0.4) is 0 Å². The lowest BCUT2D eigenvalue weighted by molar-refractivity contribution is 0.0686. The number of nitrogens with zero attached hydrogens (tertiary/aromatic N) is 2. The van der Waals surface area contributed by atoms with Crippen molar-refractivity contribution in [1.82, 2.24) is 4.57 Å². The Labute approximate surface area is 133 Å². The van der Waals surface area contributed by atoms with E-state index in [9.17, 15) is 15.2 Å². The zero-order chi connectivity index (χ0) is 16.3. The molecule has 0 unspecified atom stereocenters. The molecule has 2 heterocycles. The highest BCUT2D eigenvalue weighted by Crippen LogP contribution is 2.41. The Morgan fingerprint density at radius 1 is 1.26 bits per heavy atom. The molecule has 23 heavy (non-hydrogen) atoms. The second kappa shape index (κ2) is 4.47. The molecule has 1 aliphatic heterocycles. The summed E-state index contributed by atoms with van der Waals surface area (Å²) in [5.74, 6) is -0.945. The van der Waals surface area contributed by atoms with Gasteiger partial charge in [-0.2, -0.15) is 5.26 Å². The Kier molecular flexibility index (Phi) is 2.64. The molecule has 0 atom stereocenters. The Morgan fingerprint density at radius 3 is 2.74 bits per heavy atom. The van der Waals surface area contributed by atoms with Crippen LogP contribution in [0.1, 0.15) is 32.7 Å². The average Bonchev–Trinajstić information content (AvgIpc) is 2.88. The quantitative estimate of drug-likeness (QED) is 0.580. The number of aromatic carboxylic acids is 1. The number of fused-ring (bicyclic) bond motifs is 2. The van der Waals surface area contributed by atoms with Gasteiger partial charge in [0.1, 0.15) is 5.69 Å². The van der Waals surface area contributed by atoms with Gasteiger partial charge in [0.05, 0.1) is 17.1 Å². The van der Waals surface area contributed by atoms with Crippen LogP contribution in [0.4, 0.5) is 0 Å². The highest BCUT2D eigenvalue weighted by Gasteiger charge is 2.26. The van der Waals surface area contributed by atoms with Crippen molar-refractivity contribution in [2.24, 2.45) is 0 Å². The van der Waals surface area contributed by atoms with Gasteiger partial charge in [-0.1, -0.05) is 23.8 Å². The fourth-order valence-electron chi connectivity index (χ4n) is 3.66. The van der Waals surface area contributed by atoms with Crippen molar-refractivity contribution in [1.29, 1.82) is 5.26 Å². The number of carbonyl (C=O) groups is 1. The lowest BCUT2D eigenvalue weighted by Crippen LogP contribution is -2.15. The zero-order valence-electron chi connectivity index (χ0n) is 12.8. The van der Waals surface area contributed by atoms with E-state index in [0.29, 0.717) is 12.1 Å². The van der Waals surface area contributed by atoms with E-state index in [1.165, 1.54) is 0 Å². The van der Waals surface area contributed by atoms with Crippen molar-refractivity contribution in [2.75, 3.05) is 0 Å². The molecule has 1 aliphatic rings. The summed E-state index contributed by atoms with van der Waals surface area (Å²) in [5, 5.41) is 19.9. The Balaban J connectivity index is 2.23. The molecule has 0 saturated carbocycles.